The van der Waals surface area contributed by atoms with Gasteiger partial charge < -0.3 is 5.32 Å². The molecule has 0 saturated carbocycles. The number of piperidine rings is 1. The number of hydrogen-bond acceptors (Lipinski definition) is 4. The molecular weight excluding hydrogens is 264 g/mol. The predicted molar refractivity (Wildman–Crippen MR) is 73.1 cm³/mol. The first-order chi connectivity index (χ1) is 8.96. The molecular formula is C12H22N4O2S. The Hall–Kier alpha value is -0.920. The van der Waals surface area contributed by atoms with Gasteiger partial charge in [-0.15, -0.1) is 0 Å². The third-order valence-corrected chi connectivity index (χ3v) is 5.67. The van der Waals surface area contributed by atoms with E-state index in [1.807, 2.05) is 6.92 Å². The molecule has 1 aliphatic heterocycles. The van der Waals surface area contributed by atoms with E-state index in [4.69, 9.17) is 0 Å². The van der Waals surface area contributed by atoms with Crippen molar-refractivity contribution in [1.82, 2.24) is 19.8 Å². The highest BCUT2D eigenvalue weighted by atomic mass is 32.2. The average Bonchev–Trinajstić information content (AvgIpc) is 2.81. The number of hydrogen-bond donors (Lipinski definition) is 2. The Kier molecular flexibility index (Phi) is 4.27. The molecule has 2 atom stereocenters. The number of sulfonamides is 1. The smallest absolute Gasteiger partial charge is 0.260 e. The van der Waals surface area contributed by atoms with E-state index in [-0.39, 0.29) is 11.1 Å². The summed E-state index contributed by atoms with van der Waals surface area (Å²) >= 11 is 0. The van der Waals surface area contributed by atoms with Crippen molar-refractivity contribution in [2.24, 2.45) is 5.92 Å². The SMILES string of the molecule is CNCc1cn[nH]c1S(=O)(=O)N1CC(C)CCC1C. The Morgan fingerprint density at radius 2 is 2.21 bits per heavy atom. The van der Waals surface area contributed by atoms with Crippen molar-refractivity contribution in [3.8, 4) is 0 Å². The van der Waals surface area contributed by atoms with E-state index in [2.05, 4.69) is 22.4 Å². The molecule has 0 radical (unpaired) electrons. The van der Waals surface area contributed by atoms with Crippen LogP contribution < -0.4 is 5.32 Å². The van der Waals surface area contributed by atoms with Crippen molar-refractivity contribution in [3.63, 3.8) is 0 Å². The Labute approximate surface area is 114 Å². The first-order valence-electron chi connectivity index (χ1n) is 6.65. The Bertz CT molecular complexity index is 526. The van der Waals surface area contributed by atoms with Crippen LogP contribution in [0, 0.1) is 5.92 Å². The Morgan fingerprint density at radius 1 is 1.47 bits per heavy atom. The zero-order chi connectivity index (χ0) is 14.0. The Balaban J connectivity index is 2.33. The van der Waals surface area contributed by atoms with Crippen LogP contribution in [-0.4, -0.2) is 42.6 Å². The van der Waals surface area contributed by atoms with E-state index in [1.54, 1.807) is 17.5 Å². The first-order valence-corrected chi connectivity index (χ1v) is 8.09. The van der Waals surface area contributed by atoms with Crippen LogP contribution in [0.4, 0.5) is 0 Å². The molecule has 1 aliphatic rings. The number of aromatic nitrogens is 2. The second kappa shape index (κ2) is 5.60. The summed E-state index contributed by atoms with van der Waals surface area (Å²) in [5, 5.41) is 9.71. The molecule has 2 N–H and O–H groups in total. The van der Waals surface area contributed by atoms with E-state index < -0.39 is 10.0 Å². The summed E-state index contributed by atoms with van der Waals surface area (Å²) in [6, 6.07) is 0.0481. The second-order valence-electron chi connectivity index (χ2n) is 5.36. The lowest BCUT2D eigenvalue weighted by atomic mass is 9.97. The lowest BCUT2D eigenvalue weighted by Gasteiger charge is -2.35. The largest absolute Gasteiger partial charge is 0.316 e. The van der Waals surface area contributed by atoms with E-state index in [0.717, 1.165) is 12.8 Å². The molecule has 2 rings (SSSR count). The molecule has 6 nitrogen and oxygen atoms in total. The molecule has 7 heteroatoms. The van der Waals surface area contributed by atoms with Gasteiger partial charge in [-0.25, -0.2) is 8.42 Å². The zero-order valence-electron chi connectivity index (χ0n) is 11.7. The number of nitrogens with zero attached hydrogens (tertiary/aromatic N) is 2. The van der Waals surface area contributed by atoms with Gasteiger partial charge in [-0.3, -0.25) is 5.10 Å². The van der Waals surface area contributed by atoms with Crippen LogP contribution in [0.25, 0.3) is 0 Å². The van der Waals surface area contributed by atoms with Crippen LogP contribution in [0.1, 0.15) is 32.3 Å². The van der Waals surface area contributed by atoms with Crippen LogP contribution in [0.15, 0.2) is 11.2 Å². The third kappa shape index (κ3) is 2.82. The Morgan fingerprint density at radius 3 is 2.89 bits per heavy atom. The molecule has 2 unspecified atom stereocenters. The van der Waals surface area contributed by atoms with Gasteiger partial charge in [-0.2, -0.15) is 9.40 Å². The molecule has 0 spiro atoms. The predicted octanol–water partition coefficient (Wildman–Crippen LogP) is 0.938. The molecule has 1 aromatic heterocycles. The van der Waals surface area contributed by atoms with Crippen molar-refractivity contribution in [2.75, 3.05) is 13.6 Å². The fourth-order valence-electron chi connectivity index (χ4n) is 2.54. The minimum atomic E-state index is -3.48. The highest BCUT2D eigenvalue weighted by molar-refractivity contribution is 7.89. The fourth-order valence-corrected chi connectivity index (χ4v) is 4.43. The van der Waals surface area contributed by atoms with Crippen LogP contribution >= 0.6 is 0 Å². The molecule has 108 valence electrons. The van der Waals surface area contributed by atoms with E-state index in [1.165, 1.54) is 0 Å². The number of aromatic amines is 1. The summed E-state index contributed by atoms with van der Waals surface area (Å²) < 4.78 is 27.1. The topological polar surface area (TPSA) is 78.1 Å². The molecule has 0 aliphatic carbocycles. The number of rotatable bonds is 4. The maximum atomic E-state index is 12.7. The van der Waals surface area contributed by atoms with E-state index in [9.17, 15) is 8.42 Å². The summed E-state index contributed by atoms with van der Waals surface area (Å²) in [5.41, 5.74) is 0.688. The van der Waals surface area contributed by atoms with Crippen LogP contribution in [-0.2, 0) is 16.6 Å². The molecule has 0 bridgehead atoms. The monoisotopic (exact) mass is 286 g/mol. The first kappa shape index (κ1) is 14.5. The number of nitrogens with one attached hydrogen (secondary N) is 2. The summed E-state index contributed by atoms with van der Waals surface area (Å²) in [6.45, 7) is 5.14. The van der Waals surface area contributed by atoms with Gasteiger partial charge in [0.15, 0.2) is 5.03 Å². The summed E-state index contributed by atoms with van der Waals surface area (Å²) in [5.74, 6) is 0.404. The zero-order valence-corrected chi connectivity index (χ0v) is 12.5. The van der Waals surface area contributed by atoms with Crippen molar-refractivity contribution in [3.05, 3.63) is 11.8 Å². The van der Waals surface area contributed by atoms with Gasteiger partial charge in [-0.05, 0) is 32.7 Å². The summed E-state index contributed by atoms with van der Waals surface area (Å²) in [4.78, 5) is 0. The van der Waals surface area contributed by atoms with Crippen LogP contribution in [0.3, 0.4) is 0 Å². The lowest BCUT2D eigenvalue weighted by molar-refractivity contribution is 0.217. The molecule has 0 aromatic carbocycles. The average molecular weight is 286 g/mol. The van der Waals surface area contributed by atoms with Crippen LogP contribution in [0.2, 0.25) is 0 Å². The molecule has 1 fully saturated rings. The van der Waals surface area contributed by atoms with Gasteiger partial charge in [0.05, 0.1) is 6.20 Å². The third-order valence-electron chi connectivity index (χ3n) is 3.67. The molecule has 1 aromatic rings. The lowest BCUT2D eigenvalue weighted by Crippen LogP contribution is -2.45. The quantitative estimate of drug-likeness (QED) is 0.863. The molecule has 19 heavy (non-hydrogen) atoms. The summed E-state index contributed by atoms with van der Waals surface area (Å²) in [7, 11) is -1.69. The minimum Gasteiger partial charge on any atom is -0.316 e. The highest BCUT2D eigenvalue weighted by Gasteiger charge is 2.35. The van der Waals surface area contributed by atoms with E-state index in [0.29, 0.717) is 24.6 Å². The second-order valence-corrected chi connectivity index (χ2v) is 7.19. The standard InChI is InChI=1S/C12H22N4O2S/c1-9-4-5-10(2)16(8-9)19(17,18)12-11(6-13-3)7-14-15-12/h7,9-10,13H,4-6,8H2,1-3H3,(H,14,15). The molecule has 1 saturated heterocycles. The van der Waals surface area contributed by atoms with E-state index >= 15 is 0 Å². The minimum absolute atomic E-state index is 0.0481. The fraction of sp³-hybridized carbons (Fsp3) is 0.750. The van der Waals surface area contributed by atoms with Crippen molar-refractivity contribution in [1.29, 1.82) is 0 Å². The molecule has 0 amide bonds. The van der Waals surface area contributed by atoms with Crippen molar-refractivity contribution < 1.29 is 8.42 Å². The normalized spacial score (nSPS) is 25.6. The highest BCUT2D eigenvalue weighted by Crippen LogP contribution is 2.28. The van der Waals surface area contributed by atoms with Crippen molar-refractivity contribution in [2.45, 2.75) is 44.3 Å². The van der Waals surface area contributed by atoms with Gasteiger partial charge in [0.2, 0.25) is 0 Å². The van der Waals surface area contributed by atoms with Crippen molar-refractivity contribution >= 4 is 10.0 Å². The van der Waals surface area contributed by atoms with Gasteiger partial charge in [0.1, 0.15) is 0 Å². The maximum absolute atomic E-state index is 12.7. The number of H-pyrrole nitrogens is 1. The van der Waals surface area contributed by atoms with Gasteiger partial charge in [0, 0.05) is 24.7 Å². The maximum Gasteiger partial charge on any atom is 0.260 e. The van der Waals surface area contributed by atoms with Gasteiger partial charge in [0.25, 0.3) is 10.0 Å². The molecule has 2 heterocycles. The van der Waals surface area contributed by atoms with Crippen LogP contribution in [0.5, 0.6) is 0 Å². The van der Waals surface area contributed by atoms with Gasteiger partial charge in [-0.1, -0.05) is 6.92 Å². The summed E-state index contributed by atoms with van der Waals surface area (Å²) in [6.07, 6.45) is 3.57. The van der Waals surface area contributed by atoms with Gasteiger partial charge >= 0.3 is 0 Å².